The highest BCUT2D eigenvalue weighted by molar-refractivity contribution is 5.23. The molecule has 1 fully saturated rings. The van der Waals surface area contributed by atoms with Gasteiger partial charge in [0.2, 0.25) is 0 Å². The van der Waals surface area contributed by atoms with E-state index in [2.05, 4.69) is 5.43 Å². The van der Waals surface area contributed by atoms with Gasteiger partial charge in [0.15, 0.2) is 0 Å². The molecule has 1 heterocycles. The lowest BCUT2D eigenvalue weighted by Gasteiger charge is -2.22. The zero-order valence-corrected chi connectivity index (χ0v) is 8.75. The Kier molecular flexibility index (Phi) is 3.48. The molecule has 0 radical (unpaired) electrons. The molecule has 1 saturated heterocycles. The van der Waals surface area contributed by atoms with Crippen LogP contribution in [-0.4, -0.2) is 13.2 Å². The first kappa shape index (κ1) is 11.4. The molecule has 2 atom stereocenters. The van der Waals surface area contributed by atoms with Gasteiger partial charge in [0.05, 0.1) is 12.6 Å². The van der Waals surface area contributed by atoms with E-state index in [9.17, 15) is 8.78 Å². The Hall–Kier alpha value is -1.04. The van der Waals surface area contributed by atoms with Crippen molar-refractivity contribution in [3.8, 4) is 0 Å². The average Bonchev–Trinajstić information content (AvgIpc) is 2.78. The fourth-order valence-electron chi connectivity index (χ4n) is 2.05. The fourth-order valence-corrected chi connectivity index (χ4v) is 2.05. The van der Waals surface area contributed by atoms with Gasteiger partial charge in [-0.05, 0) is 24.6 Å². The first-order valence-electron chi connectivity index (χ1n) is 5.21. The molecule has 2 rings (SSSR count). The molecule has 0 spiro atoms. The monoisotopic (exact) mass is 228 g/mol. The molecule has 1 aliphatic heterocycles. The summed E-state index contributed by atoms with van der Waals surface area (Å²) in [5.74, 6) is 4.58. The van der Waals surface area contributed by atoms with Crippen LogP contribution in [0, 0.1) is 17.6 Å². The van der Waals surface area contributed by atoms with Gasteiger partial charge in [-0.2, -0.15) is 0 Å². The van der Waals surface area contributed by atoms with Gasteiger partial charge in [-0.25, -0.2) is 8.78 Å². The van der Waals surface area contributed by atoms with Crippen LogP contribution in [-0.2, 0) is 4.74 Å². The van der Waals surface area contributed by atoms with Crippen molar-refractivity contribution >= 4 is 0 Å². The summed E-state index contributed by atoms with van der Waals surface area (Å²) < 4.78 is 31.8. The van der Waals surface area contributed by atoms with Crippen LogP contribution in [0.15, 0.2) is 18.2 Å². The third-order valence-corrected chi connectivity index (χ3v) is 2.91. The molecular weight excluding hydrogens is 214 g/mol. The summed E-state index contributed by atoms with van der Waals surface area (Å²) in [6.45, 7) is 1.16. The van der Waals surface area contributed by atoms with Crippen LogP contribution in [0.1, 0.15) is 18.0 Å². The quantitative estimate of drug-likeness (QED) is 0.609. The SMILES string of the molecule is NNC(c1cc(F)ccc1F)C1CCOC1. The van der Waals surface area contributed by atoms with E-state index in [0.29, 0.717) is 13.2 Å². The van der Waals surface area contributed by atoms with Gasteiger partial charge in [-0.15, -0.1) is 0 Å². The van der Waals surface area contributed by atoms with Crippen molar-refractivity contribution in [2.75, 3.05) is 13.2 Å². The van der Waals surface area contributed by atoms with Crippen LogP contribution in [0.3, 0.4) is 0 Å². The smallest absolute Gasteiger partial charge is 0.128 e. The van der Waals surface area contributed by atoms with E-state index in [4.69, 9.17) is 10.6 Å². The molecule has 1 aromatic carbocycles. The minimum atomic E-state index is -0.462. The highest BCUT2D eigenvalue weighted by atomic mass is 19.1. The van der Waals surface area contributed by atoms with Crippen molar-refractivity contribution in [3.63, 3.8) is 0 Å². The van der Waals surface area contributed by atoms with Crippen LogP contribution >= 0.6 is 0 Å². The van der Waals surface area contributed by atoms with Crippen molar-refractivity contribution in [1.29, 1.82) is 0 Å². The molecule has 16 heavy (non-hydrogen) atoms. The summed E-state index contributed by atoms with van der Waals surface area (Å²) in [6, 6.07) is 2.98. The summed E-state index contributed by atoms with van der Waals surface area (Å²) in [4.78, 5) is 0. The molecule has 3 nitrogen and oxygen atoms in total. The second-order valence-electron chi connectivity index (χ2n) is 3.93. The number of hydrogen-bond donors (Lipinski definition) is 2. The van der Waals surface area contributed by atoms with E-state index >= 15 is 0 Å². The Labute approximate surface area is 92.6 Å². The molecule has 0 amide bonds. The zero-order valence-electron chi connectivity index (χ0n) is 8.75. The zero-order chi connectivity index (χ0) is 11.5. The average molecular weight is 228 g/mol. The first-order valence-corrected chi connectivity index (χ1v) is 5.21. The van der Waals surface area contributed by atoms with Crippen molar-refractivity contribution in [2.24, 2.45) is 11.8 Å². The number of halogens is 2. The van der Waals surface area contributed by atoms with Crippen molar-refractivity contribution in [3.05, 3.63) is 35.4 Å². The van der Waals surface area contributed by atoms with Crippen LogP contribution in [0.5, 0.6) is 0 Å². The number of hydrogen-bond acceptors (Lipinski definition) is 3. The van der Waals surface area contributed by atoms with Crippen LogP contribution < -0.4 is 11.3 Å². The van der Waals surface area contributed by atoms with Gasteiger partial charge in [0.25, 0.3) is 0 Å². The largest absolute Gasteiger partial charge is 0.381 e. The lowest BCUT2D eigenvalue weighted by molar-refractivity contribution is 0.176. The lowest BCUT2D eigenvalue weighted by atomic mass is 9.92. The topological polar surface area (TPSA) is 47.3 Å². The third-order valence-electron chi connectivity index (χ3n) is 2.91. The molecular formula is C11H14F2N2O. The summed E-state index contributed by atoms with van der Waals surface area (Å²) >= 11 is 0. The third kappa shape index (κ3) is 2.21. The number of rotatable bonds is 3. The van der Waals surface area contributed by atoms with Gasteiger partial charge < -0.3 is 4.74 Å². The Morgan fingerprint density at radius 2 is 2.25 bits per heavy atom. The predicted molar refractivity (Wildman–Crippen MR) is 55.3 cm³/mol. The van der Waals surface area contributed by atoms with Gasteiger partial charge in [-0.1, -0.05) is 0 Å². The van der Waals surface area contributed by atoms with Gasteiger partial charge in [0.1, 0.15) is 11.6 Å². The molecule has 0 saturated carbocycles. The molecule has 2 unspecified atom stereocenters. The lowest BCUT2D eigenvalue weighted by Crippen LogP contribution is -2.34. The maximum atomic E-state index is 13.6. The Morgan fingerprint density at radius 1 is 1.44 bits per heavy atom. The second kappa shape index (κ2) is 4.86. The van der Waals surface area contributed by atoms with Crippen LogP contribution in [0.25, 0.3) is 0 Å². The Bertz CT molecular complexity index is 367. The van der Waals surface area contributed by atoms with E-state index in [1.807, 2.05) is 0 Å². The summed E-state index contributed by atoms with van der Waals surface area (Å²) in [5, 5.41) is 0. The summed E-state index contributed by atoms with van der Waals surface area (Å²) in [6.07, 6.45) is 0.796. The standard InChI is InChI=1S/C11H14F2N2O/c12-8-1-2-10(13)9(5-8)11(15-14)7-3-4-16-6-7/h1-2,5,7,11,15H,3-4,6,14H2. The number of nitrogens with two attached hydrogens (primary N) is 1. The van der Waals surface area contributed by atoms with E-state index < -0.39 is 17.7 Å². The first-order chi connectivity index (χ1) is 7.72. The summed E-state index contributed by atoms with van der Waals surface area (Å²) in [7, 11) is 0. The molecule has 1 aliphatic rings. The van der Waals surface area contributed by atoms with Gasteiger partial charge in [0, 0.05) is 18.1 Å². The van der Waals surface area contributed by atoms with Crippen LogP contribution in [0.4, 0.5) is 8.78 Å². The number of benzene rings is 1. The molecule has 5 heteroatoms. The predicted octanol–water partition coefficient (Wildman–Crippen LogP) is 1.51. The van der Waals surface area contributed by atoms with E-state index in [1.165, 1.54) is 6.07 Å². The van der Waals surface area contributed by atoms with E-state index in [0.717, 1.165) is 18.6 Å². The highest BCUT2D eigenvalue weighted by Crippen LogP contribution is 2.29. The molecule has 0 aliphatic carbocycles. The summed E-state index contributed by atoms with van der Waals surface area (Å²) in [5.41, 5.74) is 2.80. The Balaban J connectivity index is 2.28. The fraction of sp³-hybridized carbons (Fsp3) is 0.455. The number of nitrogens with one attached hydrogen (secondary N) is 1. The molecule has 1 aromatic rings. The van der Waals surface area contributed by atoms with Crippen molar-refractivity contribution in [1.82, 2.24) is 5.43 Å². The van der Waals surface area contributed by atoms with Crippen LogP contribution in [0.2, 0.25) is 0 Å². The van der Waals surface area contributed by atoms with Gasteiger partial charge in [-0.3, -0.25) is 11.3 Å². The second-order valence-corrected chi connectivity index (χ2v) is 3.93. The molecule has 0 aromatic heterocycles. The maximum absolute atomic E-state index is 13.6. The van der Waals surface area contributed by atoms with Crippen molar-refractivity contribution in [2.45, 2.75) is 12.5 Å². The highest BCUT2D eigenvalue weighted by Gasteiger charge is 2.28. The molecule has 88 valence electrons. The minimum absolute atomic E-state index is 0.0845. The number of hydrazine groups is 1. The van der Waals surface area contributed by atoms with Gasteiger partial charge >= 0.3 is 0 Å². The number of ether oxygens (including phenoxy) is 1. The molecule has 0 bridgehead atoms. The normalized spacial score (nSPS) is 22.3. The molecule has 3 N–H and O–H groups in total. The van der Waals surface area contributed by atoms with E-state index in [-0.39, 0.29) is 11.5 Å². The Morgan fingerprint density at radius 3 is 2.88 bits per heavy atom. The minimum Gasteiger partial charge on any atom is -0.381 e. The van der Waals surface area contributed by atoms with Crippen molar-refractivity contribution < 1.29 is 13.5 Å². The maximum Gasteiger partial charge on any atom is 0.128 e. The van der Waals surface area contributed by atoms with E-state index in [1.54, 1.807) is 0 Å².